The molecule has 2 heteroatoms. The largest absolute Gasteiger partial charge is 0.420 e. The van der Waals surface area contributed by atoms with Crippen LogP contribution in [0.25, 0.3) is 0 Å². The Hall–Kier alpha value is 0.177. The summed E-state index contributed by atoms with van der Waals surface area (Å²) in [6.45, 7) is 18.7. The summed E-state index contributed by atoms with van der Waals surface area (Å²) in [7, 11) is 0.347. The van der Waals surface area contributed by atoms with Crippen LogP contribution in [-0.2, 0) is 4.43 Å². The minimum Gasteiger partial charge on any atom is -0.420 e. The van der Waals surface area contributed by atoms with Gasteiger partial charge in [-0.3, -0.25) is 0 Å². The standard InChI is InChI=1S/C15H34OSi/c1-13(2)10-17(16-9,11-14(3,4)5)12-15(6,7)8/h13H,10-12H2,1-9H3. The van der Waals surface area contributed by atoms with Crippen molar-refractivity contribution in [1.82, 2.24) is 0 Å². The van der Waals surface area contributed by atoms with Crippen molar-refractivity contribution in [3.63, 3.8) is 0 Å². The zero-order valence-corrected chi connectivity index (χ0v) is 14.6. The van der Waals surface area contributed by atoms with Gasteiger partial charge in [0.15, 0.2) is 8.32 Å². The van der Waals surface area contributed by atoms with E-state index in [0.29, 0.717) is 10.8 Å². The van der Waals surface area contributed by atoms with Crippen LogP contribution in [0, 0.1) is 16.7 Å². The van der Waals surface area contributed by atoms with Gasteiger partial charge in [0, 0.05) is 7.11 Å². The van der Waals surface area contributed by atoms with Gasteiger partial charge in [0.25, 0.3) is 0 Å². The highest BCUT2D eigenvalue weighted by molar-refractivity contribution is 6.74. The van der Waals surface area contributed by atoms with Crippen molar-refractivity contribution in [2.24, 2.45) is 16.7 Å². The maximum Gasteiger partial charge on any atom is 0.193 e. The van der Waals surface area contributed by atoms with Crippen LogP contribution in [0.15, 0.2) is 0 Å². The molecule has 0 fully saturated rings. The molecule has 0 saturated heterocycles. The Kier molecular flexibility index (Phi) is 5.94. The van der Waals surface area contributed by atoms with Crippen LogP contribution < -0.4 is 0 Å². The maximum absolute atomic E-state index is 6.14. The lowest BCUT2D eigenvalue weighted by Crippen LogP contribution is -2.44. The van der Waals surface area contributed by atoms with E-state index in [1.54, 1.807) is 0 Å². The fourth-order valence-corrected chi connectivity index (χ4v) is 9.33. The molecule has 0 bridgehead atoms. The highest BCUT2D eigenvalue weighted by Crippen LogP contribution is 2.40. The second-order valence-corrected chi connectivity index (χ2v) is 12.3. The van der Waals surface area contributed by atoms with Crippen LogP contribution in [0.1, 0.15) is 55.4 Å². The first-order valence-corrected chi connectivity index (χ1v) is 9.47. The third-order valence-electron chi connectivity index (χ3n) is 2.92. The highest BCUT2D eigenvalue weighted by Gasteiger charge is 2.41. The van der Waals surface area contributed by atoms with Gasteiger partial charge in [0.2, 0.25) is 0 Å². The van der Waals surface area contributed by atoms with Crippen LogP contribution in [-0.4, -0.2) is 15.4 Å². The predicted molar refractivity (Wildman–Crippen MR) is 80.9 cm³/mol. The van der Waals surface area contributed by atoms with E-state index in [-0.39, 0.29) is 0 Å². The van der Waals surface area contributed by atoms with Gasteiger partial charge in [-0.2, -0.15) is 0 Å². The molecule has 0 N–H and O–H groups in total. The average Bonchev–Trinajstić information content (AvgIpc) is 1.95. The van der Waals surface area contributed by atoms with E-state index in [2.05, 4.69) is 55.4 Å². The molecule has 17 heavy (non-hydrogen) atoms. The first-order valence-electron chi connectivity index (χ1n) is 6.94. The van der Waals surface area contributed by atoms with E-state index in [9.17, 15) is 0 Å². The summed E-state index contributed by atoms with van der Waals surface area (Å²) in [6.07, 6.45) is 0. The van der Waals surface area contributed by atoms with Gasteiger partial charge in [-0.1, -0.05) is 55.4 Å². The third-order valence-corrected chi connectivity index (χ3v) is 8.75. The van der Waals surface area contributed by atoms with Crippen LogP contribution >= 0.6 is 0 Å². The highest BCUT2D eigenvalue weighted by atomic mass is 28.4. The first-order chi connectivity index (χ1) is 7.39. The molecule has 0 aliphatic carbocycles. The zero-order chi connectivity index (χ0) is 13.9. The average molecular weight is 259 g/mol. The molecule has 0 rings (SSSR count). The molecule has 0 aliphatic heterocycles. The molecule has 0 unspecified atom stereocenters. The lowest BCUT2D eigenvalue weighted by atomic mass is 10.00. The van der Waals surface area contributed by atoms with E-state index < -0.39 is 8.32 Å². The molecule has 0 heterocycles. The van der Waals surface area contributed by atoms with Crippen molar-refractivity contribution < 1.29 is 4.43 Å². The van der Waals surface area contributed by atoms with Crippen LogP contribution in [0.4, 0.5) is 0 Å². The van der Waals surface area contributed by atoms with Gasteiger partial charge in [-0.05, 0) is 34.9 Å². The summed E-state index contributed by atoms with van der Waals surface area (Å²) in [5, 5.41) is 0. The molecule has 0 aromatic heterocycles. The van der Waals surface area contributed by atoms with E-state index in [1.807, 2.05) is 7.11 Å². The molecule has 0 atom stereocenters. The van der Waals surface area contributed by atoms with E-state index in [1.165, 1.54) is 18.1 Å². The molecule has 0 amide bonds. The Bertz CT molecular complexity index is 204. The molecule has 0 spiro atoms. The minimum absolute atomic E-state index is 0.377. The fraction of sp³-hybridized carbons (Fsp3) is 1.00. The van der Waals surface area contributed by atoms with E-state index in [0.717, 1.165) is 5.92 Å². The van der Waals surface area contributed by atoms with Gasteiger partial charge < -0.3 is 4.43 Å². The van der Waals surface area contributed by atoms with Crippen molar-refractivity contribution in [2.75, 3.05) is 7.11 Å². The Balaban J connectivity index is 5.01. The Morgan fingerprint density at radius 3 is 1.41 bits per heavy atom. The Morgan fingerprint density at radius 2 is 1.24 bits per heavy atom. The van der Waals surface area contributed by atoms with Crippen molar-refractivity contribution >= 4 is 8.32 Å². The second kappa shape index (κ2) is 5.88. The monoisotopic (exact) mass is 258 g/mol. The summed E-state index contributed by atoms with van der Waals surface area (Å²) >= 11 is 0. The quantitative estimate of drug-likeness (QED) is 0.606. The summed E-state index contributed by atoms with van der Waals surface area (Å²) < 4.78 is 6.14. The predicted octanol–water partition coefficient (Wildman–Crippen LogP) is 5.33. The lowest BCUT2D eigenvalue weighted by Gasteiger charge is -2.40. The van der Waals surface area contributed by atoms with Crippen molar-refractivity contribution in [3.05, 3.63) is 0 Å². The van der Waals surface area contributed by atoms with Crippen molar-refractivity contribution in [3.8, 4) is 0 Å². The molecule has 0 aromatic rings. The third kappa shape index (κ3) is 7.99. The van der Waals surface area contributed by atoms with Crippen LogP contribution in [0.2, 0.25) is 18.1 Å². The number of rotatable bonds is 5. The van der Waals surface area contributed by atoms with Gasteiger partial charge in [0.05, 0.1) is 0 Å². The van der Waals surface area contributed by atoms with Crippen LogP contribution in [0.5, 0.6) is 0 Å². The molecular weight excluding hydrogens is 224 g/mol. The molecule has 0 aromatic carbocycles. The molecular formula is C15H34OSi. The zero-order valence-electron chi connectivity index (χ0n) is 13.6. The molecule has 0 aliphatic rings. The van der Waals surface area contributed by atoms with E-state index >= 15 is 0 Å². The SMILES string of the molecule is CO[Si](CC(C)C)(CC(C)(C)C)CC(C)(C)C. The Morgan fingerprint density at radius 1 is 0.882 bits per heavy atom. The second-order valence-electron chi connectivity index (χ2n) is 8.46. The van der Waals surface area contributed by atoms with E-state index in [4.69, 9.17) is 4.43 Å². The summed E-state index contributed by atoms with van der Waals surface area (Å²) in [6, 6.07) is 3.83. The summed E-state index contributed by atoms with van der Waals surface area (Å²) in [5.41, 5.74) is 0.755. The number of hydrogen-bond donors (Lipinski definition) is 0. The first kappa shape index (κ1) is 17.2. The van der Waals surface area contributed by atoms with Crippen LogP contribution in [0.3, 0.4) is 0 Å². The molecule has 0 radical (unpaired) electrons. The minimum atomic E-state index is -1.60. The number of hydrogen-bond acceptors (Lipinski definition) is 1. The maximum atomic E-state index is 6.14. The molecule has 1 nitrogen and oxygen atoms in total. The Labute approximate surface area is 110 Å². The smallest absolute Gasteiger partial charge is 0.193 e. The topological polar surface area (TPSA) is 9.23 Å². The van der Waals surface area contributed by atoms with Gasteiger partial charge >= 0.3 is 0 Å². The lowest BCUT2D eigenvalue weighted by molar-refractivity contribution is 0.322. The molecule has 104 valence electrons. The van der Waals surface area contributed by atoms with Gasteiger partial charge in [-0.25, -0.2) is 0 Å². The summed E-state index contributed by atoms with van der Waals surface area (Å²) in [4.78, 5) is 0. The van der Waals surface area contributed by atoms with Crippen molar-refractivity contribution in [1.29, 1.82) is 0 Å². The van der Waals surface area contributed by atoms with Crippen molar-refractivity contribution in [2.45, 2.75) is 73.5 Å². The van der Waals surface area contributed by atoms with Gasteiger partial charge in [0.1, 0.15) is 0 Å². The molecule has 0 saturated carbocycles. The van der Waals surface area contributed by atoms with Gasteiger partial charge in [-0.15, -0.1) is 0 Å². The summed E-state index contributed by atoms with van der Waals surface area (Å²) in [5.74, 6) is 0.742. The normalized spacial score (nSPS) is 14.5. The fourth-order valence-electron chi connectivity index (χ4n) is 3.11.